The lowest BCUT2D eigenvalue weighted by Crippen LogP contribution is -2.53. The maximum Gasteiger partial charge on any atom is 0.417 e. The average Bonchev–Trinajstić information content (AvgIpc) is 3.34. The van der Waals surface area contributed by atoms with Crippen LogP contribution in [0.25, 0.3) is 0 Å². The van der Waals surface area contributed by atoms with Crippen LogP contribution in [0.4, 0.5) is 23.8 Å². The van der Waals surface area contributed by atoms with E-state index in [9.17, 15) is 18.0 Å². The molecule has 2 aliphatic heterocycles. The Bertz CT molecular complexity index is 865. The summed E-state index contributed by atoms with van der Waals surface area (Å²) >= 11 is 1.68. The van der Waals surface area contributed by atoms with E-state index in [1.165, 1.54) is 10.9 Å². The second-order valence-electron chi connectivity index (χ2n) is 7.74. The fourth-order valence-corrected chi connectivity index (χ4v) is 4.82. The van der Waals surface area contributed by atoms with E-state index >= 15 is 0 Å². The number of carbonyl (C=O) groups is 1. The summed E-state index contributed by atoms with van der Waals surface area (Å²) in [6.45, 7) is 5.55. The van der Waals surface area contributed by atoms with E-state index < -0.39 is 11.7 Å². The molecule has 1 atom stereocenters. The topological polar surface area (TPSA) is 60.9 Å². The van der Waals surface area contributed by atoms with E-state index in [0.717, 1.165) is 25.4 Å². The lowest BCUT2D eigenvalue weighted by molar-refractivity contribution is -0.137. The van der Waals surface area contributed by atoms with Crippen molar-refractivity contribution in [3.63, 3.8) is 0 Å². The van der Waals surface area contributed by atoms with Crippen molar-refractivity contribution < 1.29 is 22.7 Å². The van der Waals surface area contributed by atoms with Crippen molar-refractivity contribution in [2.45, 2.75) is 12.2 Å². The molecule has 0 saturated carbocycles. The van der Waals surface area contributed by atoms with Gasteiger partial charge in [-0.05, 0) is 23.6 Å². The lowest BCUT2D eigenvalue weighted by Gasteiger charge is -2.37. The molecule has 0 spiro atoms. The number of hydrogen-bond acceptors (Lipinski definition) is 6. The third kappa shape index (κ3) is 5.51. The Kier molecular flexibility index (Phi) is 7.17. The number of anilines is 1. The predicted molar refractivity (Wildman–Crippen MR) is 116 cm³/mol. The number of amides is 2. The molecule has 1 unspecified atom stereocenters. The highest BCUT2D eigenvalue weighted by Gasteiger charge is 2.31. The zero-order valence-corrected chi connectivity index (χ0v) is 18.4. The Hall–Kier alpha value is -2.37. The van der Waals surface area contributed by atoms with Crippen LogP contribution in [0.2, 0.25) is 0 Å². The molecule has 32 heavy (non-hydrogen) atoms. The van der Waals surface area contributed by atoms with Gasteiger partial charge in [-0.3, -0.25) is 4.90 Å². The fourth-order valence-electron chi connectivity index (χ4n) is 3.95. The summed E-state index contributed by atoms with van der Waals surface area (Å²) in [5.74, 6) is 0.489. The minimum absolute atomic E-state index is 0.112. The van der Waals surface area contributed by atoms with Crippen molar-refractivity contribution in [3.05, 3.63) is 46.3 Å². The number of hydrogen-bond donors (Lipinski definition) is 1. The number of rotatable bonds is 5. The smallest absolute Gasteiger partial charge is 0.379 e. The summed E-state index contributed by atoms with van der Waals surface area (Å²) in [7, 11) is 0. The van der Waals surface area contributed by atoms with Gasteiger partial charge in [0.1, 0.15) is 5.82 Å². The number of pyridine rings is 1. The number of halogens is 3. The van der Waals surface area contributed by atoms with Gasteiger partial charge in [0.05, 0.1) is 24.8 Å². The quantitative estimate of drug-likeness (QED) is 0.730. The summed E-state index contributed by atoms with van der Waals surface area (Å²) in [6, 6.07) is 6.52. The van der Waals surface area contributed by atoms with Crippen LogP contribution in [0.5, 0.6) is 0 Å². The van der Waals surface area contributed by atoms with Crippen LogP contribution in [0.1, 0.15) is 16.5 Å². The maximum atomic E-state index is 12.8. The molecule has 0 aromatic carbocycles. The second-order valence-corrected chi connectivity index (χ2v) is 8.72. The molecule has 174 valence electrons. The van der Waals surface area contributed by atoms with E-state index in [2.05, 4.69) is 21.3 Å². The number of urea groups is 1. The number of aromatic nitrogens is 1. The van der Waals surface area contributed by atoms with Crippen molar-refractivity contribution in [2.75, 3.05) is 63.9 Å². The van der Waals surface area contributed by atoms with E-state index in [1.807, 2.05) is 16.3 Å². The standard InChI is InChI=1S/C21H26F3N5O2S/c22-21(23,24)16-3-4-19(25-14-16)28-5-7-29(8-6-28)20(30)26-15-17(18-2-1-13-32-18)27-9-11-31-12-10-27/h1-4,13-14,17H,5-12,15H2,(H,26,30). The minimum atomic E-state index is -4.40. The minimum Gasteiger partial charge on any atom is -0.379 e. The van der Waals surface area contributed by atoms with Gasteiger partial charge < -0.3 is 19.9 Å². The molecule has 2 saturated heterocycles. The summed E-state index contributed by atoms with van der Waals surface area (Å²) in [6.07, 6.45) is -3.55. The number of piperazine rings is 1. The Morgan fingerprint density at radius 2 is 1.88 bits per heavy atom. The number of alkyl halides is 3. The molecule has 11 heteroatoms. The first-order chi connectivity index (χ1) is 15.4. The normalized spacial score (nSPS) is 19.1. The average molecular weight is 470 g/mol. The van der Waals surface area contributed by atoms with Crippen LogP contribution < -0.4 is 10.2 Å². The van der Waals surface area contributed by atoms with Crippen LogP contribution in [0, 0.1) is 0 Å². The molecule has 4 heterocycles. The second kappa shape index (κ2) is 10.1. The first-order valence-electron chi connectivity index (χ1n) is 10.6. The zero-order valence-electron chi connectivity index (χ0n) is 17.6. The highest BCUT2D eigenvalue weighted by molar-refractivity contribution is 7.10. The van der Waals surface area contributed by atoms with Gasteiger partial charge in [-0.1, -0.05) is 6.07 Å². The van der Waals surface area contributed by atoms with Gasteiger partial charge in [0.15, 0.2) is 0 Å². The van der Waals surface area contributed by atoms with Crippen LogP contribution in [-0.4, -0.2) is 79.8 Å². The monoisotopic (exact) mass is 469 g/mol. The summed E-state index contributed by atoms with van der Waals surface area (Å²) in [4.78, 5) is 23.9. The number of nitrogens with one attached hydrogen (secondary N) is 1. The van der Waals surface area contributed by atoms with Crippen molar-refractivity contribution in [2.24, 2.45) is 0 Å². The summed E-state index contributed by atoms with van der Waals surface area (Å²) in [5, 5.41) is 5.11. The van der Waals surface area contributed by atoms with Gasteiger partial charge in [0, 0.05) is 56.9 Å². The molecule has 0 radical (unpaired) electrons. The van der Waals surface area contributed by atoms with Gasteiger partial charge in [-0.2, -0.15) is 13.2 Å². The first kappa shape index (κ1) is 22.8. The Morgan fingerprint density at radius 1 is 1.12 bits per heavy atom. The number of carbonyl (C=O) groups excluding carboxylic acids is 1. The molecule has 2 aromatic heterocycles. The molecule has 0 aliphatic carbocycles. The SMILES string of the molecule is O=C(NCC(c1cccs1)N1CCOCC1)N1CCN(c2ccc(C(F)(F)F)cn2)CC1. The van der Waals surface area contributed by atoms with Crippen LogP contribution >= 0.6 is 11.3 Å². The Morgan fingerprint density at radius 3 is 2.47 bits per heavy atom. The molecule has 4 rings (SSSR count). The molecular formula is C21H26F3N5O2S. The molecular weight excluding hydrogens is 443 g/mol. The van der Waals surface area contributed by atoms with Crippen LogP contribution in [0.3, 0.4) is 0 Å². The fraction of sp³-hybridized carbons (Fsp3) is 0.524. The van der Waals surface area contributed by atoms with Crippen molar-refractivity contribution >= 4 is 23.2 Å². The van der Waals surface area contributed by atoms with E-state index in [0.29, 0.717) is 51.8 Å². The lowest BCUT2D eigenvalue weighted by atomic mass is 10.2. The molecule has 7 nitrogen and oxygen atoms in total. The van der Waals surface area contributed by atoms with E-state index in [-0.39, 0.29) is 12.1 Å². The molecule has 0 bridgehead atoms. The molecule has 2 aliphatic rings. The van der Waals surface area contributed by atoms with Gasteiger partial charge in [-0.25, -0.2) is 9.78 Å². The highest BCUT2D eigenvalue weighted by atomic mass is 32.1. The van der Waals surface area contributed by atoms with E-state index in [4.69, 9.17) is 4.74 Å². The number of nitrogens with zero attached hydrogens (tertiary/aromatic N) is 4. The van der Waals surface area contributed by atoms with Crippen molar-refractivity contribution in [3.8, 4) is 0 Å². The highest BCUT2D eigenvalue weighted by Crippen LogP contribution is 2.29. The zero-order chi connectivity index (χ0) is 22.6. The largest absolute Gasteiger partial charge is 0.417 e. The molecule has 2 fully saturated rings. The third-order valence-corrected chi connectivity index (χ3v) is 6.74. The number of thiophene rings is 1. The van der Waals surface area contributed by atoms with Gasteiger partial charge in [0.25, 0.3) is 0 Å². The Labute approximate surface area is 188 Å². The van der Waals surface area contributed by atoms with Gasteiger partial charge in [-0.15, -0.1) is 11.3 Å². The van der Waals surface area contributed by atoms with Crippen molar-refractivity contribution in [1.82, 2.24) is 20.1 Å². The maximum absolute atomic E-state index is 12.8. The van der Waals surface area contributed by atoms with E-state index in [1.54, 1.807) is 16.2 Å². The van der Waals surface area contributed by atoms with Crippen molar-refractivity contribution in [1.29, 1.82) is 0 Å². The van der Waals surface area contributed by atoms with Gasteiger partial charge in [0.2, 0.25) is 0 Å². The first-order valence-corrected chi connectivity index (χ1v) is 11.5. The Balaban J connectivity index is 1.29. The number of morpholine rings is 1. The van der Waals surface area contributed by atoms with Gasteiger partial charge >= 0.3 is 12.2 Å². The third-order valence-electron chi connectivity index (χ3n) is 5.77. The van der Waals surface area contributed by atoms with Crippen LogP contribution in [-0.2, 0) is 10.9 Å². The summed E-state index contributed by atoms with van der Waals surface area (Å²) < 4.78 is 43.6. The molecule has 2 aromatic rings. The predicted octanol–water partition coefficient (Wildman–Crippen LogP) is 3.07. The summed E-state index contributed by atoms with van der Waals surface area (Å²) in [5.41, 5.74) is -0.764. The van der Waals surface area contributed by atoms with Crippen LogP contribution in [0.15, 0.2) is 35.8 Å². The number of ether oxygens (including phenoxy) is 1. The molecule has 1 N–H and O–H groups in total. The molecule has 2 amide bonds.